The second-order valence-corrected chi connectivity index (χ2v) is 6.51. The normalized spacial score (nSPS) is 16.6. The molecule has 112 valence electrons. The summed E-state index contributed by atoms with van der Waals surface area (Å²) in [5.74, 6) is 0. The second kappa shape index (κ2) is 5.66. The Balaban J connectivity index is 2.46. The predicted octanol–water partition coefficient (Wildman–Crippen LogP) is 3.14. The molecule has 0 fully saturated rings. The molecule has 0 saturated heterocycles. The topological polar surface area (TPSA) is 53.6 Å². The molecular formula is C15H19ClN4S. The number of hydrogen-bond acceptors (Lipinski definition) is 3. The smallest absolute Gasteiger partial charge is 0.184 e. The molecule has 1 aliphatic heterocycles. The van der Waals surface area contributed by atoms with Crippen molar-refractivity contribution in [1.29, 1.82) is 0 Å². The average molecular weight is 323 g/mol. The summed E-state index contributed by atoms with van der Waals surface area (Å²) < 4.78 is 0. The number of halogens is 1. The van der Waals surface area contributed by atoms with Crippen molar-refractivity contribution in [2.24, 2.45) is 10.8 Å². The maximum Gasteiger partial charge on any atom is 0.184 e. The minimum atomic E-state index is -0.0384. The van der Waals surface area contributed by atoms with Crippen LogP contribution in [0.5, 0.6) is 0 Å². The highest BCUT2D eigenvalue weighted by atomic mass is 35.5. The Kier molecular flexibility index (Phi) is 4.25. The van der Waals surface area contributed by atoms with E-state index in [9.17, 15) is 0 Å². The molecule has 1 aromatic rings. The van der Waals surface area contributed by atoms with E-state index in [2.05, 4.69) is 49.3 Å². The maximum absolute atomic E-state index is 6.35. The van der Waals surface area contributed by atoms with Crippen LogP contribution in [-0.2, 0) is 0 Å². The zero-order chi connectivity index (χ0) is 15.8. The molecule has 0 bridgehead atoms. The van der Waals surface area contributed by atoms with Gasteiger partial charge >= 0.3 is 0 Å². The molecule has 2 rings (SSSR count). The molecule has 0 unspecified atom stereocenters. The zero-order valence-electron chi connectivity index (χ0n) is 12.6. The van der Waals surface area contributed by atoms with Crippen LogP contribution in [0.25, 0.3) is 5.57 Å². The standard InChI is InChI=1S/C15H19ClN4S/c1-9-7-15(2,3)20(4)13-6-12(16)10(5-11(9)13)8-18-19-14(17)21/h5-8H,1-4H3,(H3,17,19,21)/b18-8+. The molecule has 1 aliphatic rings. The minimum absolute atomic E-state index is 0.0384. The number of rotatable bonds is 2. The van der Waals surface area contributed by atoms with Crippen LogP contribution < -0.4 is 16.1 Å². The van der Waals surface area contributed by atoms with E-state index in [1.807, 2.05) is 12.1 Å². The van der Waals surface area contributed by atoms with E-state index in [4.69, 9.17) is 29.6 Å². The Labute approximate surface area is 135 Å². The molecule has 0 amide bonds. The Morgan fingerprint density at radius 1 is 1.48 bits per heavy atom. The van der Waals surface area contributed by atoms with Crippen molar-refractivity contribution in [1.82, 2.24) is 5.43 Å². The first kappa shape index (κ1) is 15.8. The molecule has 0 radical (unpaired) electrons. The van der Waals surface area contributed by atoms with Gasteiger partial charge in [0.05, 0.1) is 16.8 Å². The lowest BCUT2D eigenvalue weighted by Crippen LogP contribution is -2.42. The van der Waals surface area contributed by atoms with Gasteiger partial charge in [-0.25, -0.2) is 0 Å². The van der Waals surface area contributed by atoms with Gasteiger partial charge in [0.15, 0.2) is 5.11 Å². The van der Waals surface area contributed by atoms with Crippen LogP contribution in [0.1, 0.15) is 31.9 Å². The highest BCUT2D eigenvalue weighted by Crippen LogP contribution is 2.40. The molecule has 6 heteroatoms. The number of anilines is 1. The molecule has 21 heavy (non-hydrogen) atoms. The molecule has 0 aromatic heterocycles. The summed E-state index contributed by atoms with van der Waals surface area (Å²) in [5.41, 5.74) is 12.1. The van der Waals surface area contributed by atoms with Crippen molar-refractivity contribution < 1.29 is 0 Å². The van der Waals surface area contributed by atoms with Crippen molar-refractivity contribution in [2.75, 3.05) is 11.9 Å². The fourth-order valence-corrected chi connectivity index (χ4v) is 2.71. The summed E-state index contributed by atoms with van der Waals surface area (Å²) >= 11 is 11.1. The van der Waals surface area contributed by atoms with E-state index in [0.717, 1.165) is 16.8 Å². The summed E-state index contributed by atoms with van der Waals surface area (Å²) in [7, 11) is 2.07. The molecule has 0 aliphatic carbocycles. The van der Waals surface area contributed by atoms with Gasteiger partial charge in [-0.2, -0.15) is 5.10 Å². The summed E-state index contributed by atoms with van der Waals surface area (Å²) in [5, 5.41) is 4.73. The highest BCUT2D eigenvalue weighted by molar-refractivity contribution is 7.80. The molecule has 0 saturated carbocycles. The van der Waals surface area contributed by atoms with Crippen molar-refractivity contribution in [3.05, 3.63) is 34.4 Å². The van der Waals surface area contributed by atoms with Crippen LogP contribution in [0, 0.1) is 0 Å². The van der Waals surface area contributed by atoms with Gasteiger partial charge in [-0.1, -0.05) is 17.7 Å². The molecule has 0 atom stereocenters. The molecule has 0 spiro atoms. The van der Waals surface area contributed by atoms with Crippen molar-refractivity contribution >= 4 is 46.4 Å². The molecule has 3 N–H and O–H groups in total. The summed E-state index contributed by atoms with van der Waals surface area (Å²) in [4.78, 5) is 2.22. The summed E-state index contributed by atoms with van der Waals surface area (Å²) in [6, 6.07) is 4.00. The van der Waals surface area contributed by atoms with E-state index < -0.39 is 0 Å². The molecule has 1 heterocycles. The third-order valence-corrected chi connectivity index (χ3v) is 4.13. The number of allylic oxidation sites excluding steroid dienone is 1. The number of nitrogens with zero attached hydrogens (tertiary/aromatic N) is 2. The number of fused-ring (bicyclic) bond motifs is 1. The maximum atomic E-state index is 6.35. The van der Waals surface area contributed by atoms with Gasteiger partial charge in [-0.05, 0) is 50.7 Å². The monoisotopic (exact) mass is 322 g/mol. The van der Waals surface area contributed by atoms with Gasteiger partial charge in [-0.3, -0.25) is 5.43 Å². The Bertz CT molecular complexity index is 649. The van der Waals surface area contributed by atoms with Gasteiger partial charge in [0.25, 0.3) is 0 Å². The lowest BCUT2D eigenvalue weighted by atomic mass is 9.88. The average Bonchev–Trinajstić information content (AvgIpc) is 2.36. The van der Waals surface area contributed by atoms with E-state index in [0.29, 0.717) is 5.02 Å². The fourth-order valence-electron chi connectivity index (χ4n) is 2.45. The fraction of sp³-hybridized carbons (Fsp3) is 0.333. The number of likely N-dealkylation sites (N-methyl/N-ethyl adjacent to an activating group) is 1. The first-order valence-corrected chi connectivity index (χ1v) is 7.36. The van der Waals surface area contributed by atoms with Crippen LogP contribution in [0.15, 0.2) is 23.3 Å². The largest absolute Gasteiger partial charge is 0.375 e. The number of hydrogen-bond donors (Lipinski definition) is 2. The Hall–Kier alpha value is -1.59. The lowest BCUT2D eigenvalue weighted by molar-refractivity contribution is 0.598. The molecule has 4 nitrogen and oxygen atoms in total. The van der Waals surface area contributed by atoms with Gasteiger partial charge in [0.2, 0.25) is 0 Å². The number of thiocarbonyl (C=S) groups is 1. The number of benzene rings is 1. The van der Waals surface area contributed by atoms with Crippen LogP contribution in [-0.4, -0.2) is 23.9 Å². The third-order valence-electron chi connectivity index (χ3n) is 3.71. The minimum Gasteiger partial charge on any atom is -0.375 e. The summed E-state index contributed by atoms with van der Waals surface area (Å²) in [6.45, 7) is 6.46. The van der Waals surface area contributed by atoms with E-state index in [1.54, 1.807) is 6.21 Å². The SMILES string of the molecule is CC1=CC(C)(C)N(C)c2cc(Cl)c(/C=N/NC(N)=S)cc21. The van der Waals surface area contributed by atoms with E-state index >= 15 is 0 Å². The highest BCUT2D eigenvalue weighted by Gasteiger charge is 2.28. The van der Waals surface area contributed by atoms with Gasteiger partial charge in [-0.15, -0.1) is 0 Å². The van der Waals surface area contributed by atoms with E-state index in [1.165, 1.54) is 5.57 Å². The van der Waals surface area contributed by atoms with Crippen molar-refractivity contribution in [3.63, 3.8) is 0 Å². The molecular weight excluding hydrogens is 304 g/mol. The van der Waals surface area contributed by atoms with Gasteiger partial charge in [0, 0.05) is 23.9 Å². The third kappa shape index (κ3) is 3.19. The zero-order valence-corrected chi connectivity index (χ0v) is 14.1. The number of nitrogens with two attached hydrogens (primary N) is 1. The second-order valence-electron chi connectivity index (χ2n) is 5.67. The lowest BCUT2D eigenvalue weighted by Gasteiger charge is -2.40. The van der Waals surface area contributed by atoms with Crippen LogP contribution in [0.2, 0.25) is 5.02 Å². The van der Waals surface area contributed by atoms with Gasteiger partial charge < -0.3 is 10.6 Å². The summed E-state index contributed by atoms with van der Waals surface area (Å²) in [6.07, 6.45) is 3.87. The quantitative estimate of drug-likeness (QED) is 0.499. The van der Waals surface area contributed by atoms with Crippen molar-refractivity contribution in [3.8, 4) is 0 Å². The van der Waals surface area contributed by atoms with Crippen LogP contribution >= 0.6 is 23.8 Å². The first-order valence-electron chi connectivity index (χ1n) is 6.58. The Morgan fingerprint density at radius 2 is 2.14 bits per heavy atom. The Morgan fingerprint density at radius 3 is 2.76 bits per heavy atom. The number of hydrazone groups is 1. The number of nitrogens with one attached hydrogen (secondary N) is 1. The van der Waals surface area contributed by atoms with E-state index in [-0.39, 0.29) is 10.7 Å². The molecule has 1 aromatic carbocycles. The predicted molar refractivity (Wildman–Crippen MR) is 95.1 cm³/mol. The van der Waals surface area contributed by atoms with Crippen LogP contribution in [0.3, 0.4) is 0 Å². The van der Waals surface area contributed by atoms with Crippen LogP contribution in [0.4, 0.5) is 5.69 Å². The van der Waals surface area contributed by atoms with Gasteiger partial charge in [0.1, 0.15) is 0 Å². The first-order chi connectivity index (χ1) is 9.72. The van der Waals surface area contributed by atoms with Crippen molar-refractivity contribution in [2.45, 2.75) is 26.3 Å².